The summed E-state index contributed by atoms with van der Waals surface area (Å²) in [7, 11) is 0. The van der Waals surface area contributed by atoms with E-state index in [1.807, 2.05) is 0 Å². The van der Waals surface area contributed by atoms with Gasteiger partial charge in [0, 0.05) is 0 Å². The van der Waals surface area contributed by atoms with Crippen LogP contribution in [0.1, 0.15) is 90.9 Å². The van der Waals surface area contributed by atoms with Crippen molar-refractivity contribution in [2.24, 2.45) is 23.7 Å². The summed E-state index contributed by atoms with van der Waals surface area (Å²) in [5, 5.41) is 0. The van der Waals surface area contributed by atoms with Crippen molar-refractivity contribution in [3.63, 3.8) is 0 Å². The maximum atomic E-state index is 14.3. The van der Waals surface area contributed by atoms with E-state index in [9.17, 15) is 13.6 Å². The fourth-order valence-electron chi connectivity index (χ4n) is 6.48. The molecule has 2 aliphatic carbocycles. The fourth-order valence-corrected chi connectivity index (χ4v) is 6.48. The summed E-state index contributed by atoms with van der Waals surface area (Å²) in [6.07, 6.45) is 14.4. The topological polar surface area (TPSA) is 44.8 Å². The lowest BCUT2D eigenvalue weighted by Gasteiger charge is -2.38. The second-order valence-corrected chi connectivity index (χ2v) is 10.5. The highest BCUT2D eigenvalue weighted by Crippen LogP contribution is 2.44. The van der Waals surface area contributed by atoms with Crippen LogP contribution in [-0.4, -0.2) is 24.8 Å². The molecule has 190 valence electrons. The van der Waals surface area contributed by atoms with Crippen LogP contribution in [0.4, 0.5) is 8.78 Å². The molecule has 4 nitrogen and oxygen atoms in total. The maximum absolute atomic E-state index is 14.3. The molecule has 0 aromatic heterocycles. The van der Waals surface area contributed by atoms with E-state index in [1.165, 1.54) is 63.5 Å². The zero-order chi connectivity index (χ0) is 24.1. The normalized spacial score (nSPS) is 31.9. The third-order valence-electron chi connectivity index (χ3n) is 8.39. The number of ether oxygens (including phenoxy) is 3. The lowest BCUT2D eigenvalue weighted by Crippen LogP contribution is -2.32. The first-order valence-electron chi connectivity index (χ1n) is 13.5. The maximum Gasteiger partial charge on any atom is 0.314 e. The number of halogens is 2. The molecule has 0 spiro atoms. The van der Waals surface area contributed by atoms with Crippen molar-refractivity contribution in [1.29, 1.82) is 0 Å². The molecule has 2 unspecified atom stereocenters. The molecule has 0 radical (unpaired) electrons. The molecule has 1 aromatic carbocycles. The van der Waals surface area contributed by atoms with Gasteiger partial charge in [0.05, 0.1) is 24.7 Å². The second-order valence-electron chi connectivity index (χ2n) is 10.5. The fraction of sp³-hybridized carbons (Fsp3) is 0.750. The van der Waals surface area contributed by atoms with Crippen molar-refractivity contribution in [2.45, 2.75) is 103 Å². The zero-order valence-electron chi connectivity index (χ0n) is 20.7. The van der Waals surface area contributed by atoms with E-state index in [1.54, 1.807) is 6.92 Å². The minimum absolute atomic E-state index is 0.171. The molecule has 4 rings (SSSR count). The van der Waals surface area contributed by atoms with Crippen molar-refractivity contribution in [1.82, 2.24) is 0 Å². The van der Waals surface area contributed by atoms with Crippen LogP contribution < -0.4 is 9.47 Å². The van der Waals surface area contributed by atoms with E-state index in [0.717, 1.165) is 31.6 Å². The van der Waals surface area contributed by atoms with Crippen LogP contribution in [0.15, 0.2) is 12.1 Å². The van der Waals surface area contributed by atoms with E-state index in [0.29, 0.717) is 24.0 Å². The summed E-state index contributed by atoms with van der Waals surface area (Å²) < 4.78 is 45.0. The van der Waals surface area contributed by atoms with Gasteiger partial charge < -0.3 is 14.2 Å². The molecular weight excluding hydrogens is 438 g/mol. The average molecular weight is 479 g/mol. The van der Waals surface area contributed by atoms with Crippen molar-refractivity contribution in [2.75, 3.05) is 6.61 Å². The number of benzene rings is 1. The van der Waals surface area contributed by atoms with Gasteiger partial charge in [0.25, 0.3) is 0 Å². The largest absolute Gasteiger partial charge is 0.491 e. The van der Waals surface area contributed by atoms with Crippen LogP contribution in [0.2, 0.25) is 0 Å². The smallest absolute Gasteiger partial charge is 0.314 e. The van der Waals surface area contributed by atoms with Gasteiger partial charge >= 0.3 is 5.97 Å². The van der Waals surface area contributed by atoms with Crippen LogP contribution in [0, 0.1) is 35.3 Å². The predicted octanol–water partition coefficient (Wildman–Crippen LogP) is 7.23. The van der Waals surface area contributed by atoms with Crippen molar-refractivity contribution in [3.05, 3.63) is 23.8 Å². The summed E-state index contributed by atoms with van der Waals surface area (Å²) in [6.45, 7) is 4.16. The molecule has 1 aromatic rings. The molecule has 6 heteroatoms. The molecule has 2 atom stereocenters. The second kappa shape index (κ2) is 11.8. The van der Waals surface area contributed by atoms with Crippen molar-refractivity contribution >= 4 is 5.97 Å². The molecule has 2 saturated carbocycles. The Bertz CT molecular complexity index is 813. The van der Waals surface area contributed by atoms with Crippen LogP contribution in [0.25, 0.3) is 0 Å². The van der Waals surface area contributed by atoms with Crippen molar-refractivity contribution < 1.29 is 27.8 Å². The highest BCUT2D eigenvalue weighted by Gasteiger charge is 2.37. The molecule has 3 aliphatic rings. The number of esters is 1. The van der Waals surface area contributed by atoms with Crippen LogP contribution in [-0.2, 0) is 9.53 Å². The monoisotopic (exact) mass is 478 g/mol. The summed E-state index contributed by atoms with van der Waals surface area (Å²) in [5.74, 6) is -1.41. The summed E-state index contributed by atoms with van der Waals surface area (Å²) in [5.41, 5.74) is 0. The van der Waals surface area contributed by atoms with Gasteiger partial charge in [0.2, 0.25) is 11.6 Å². The SMILES string of the molecule is CCCC1CCC(C2CCC(C3CCC(C(=O)Oc4ccc(OCC)c(F)c4F)CC3)CC2)O1. The van der Waals surface area contributed by atoms with Crippen LogP contribution >= 0.6 is 0 Å². The minimum atomic E-state index is -1.17. The van der Waals surface area contributed by atoms with Crippen molar-refractivity contribution in [3.8, 4) is 11.5 Å². The Balaban J connectivity index is 1.21. The Morgan fingerprint density at radius 3 is 2.09 bits per heavy atom. The Labute approximate surface area is 202 Å². The minimum Gasteiger partial charge on any atom is -0.491 e. The molecule has 1 aliphatic heterocycles. The highest BCUT2D eigenvalue weighted by atomic mass is 19.2. The predicted molar refractivity (Wildman–Crippen MR) is 127 cm³/mol. The molecule has 1 heterocycles. The summed E-state index contributed by atoms with van der Waals surface area (Å²) in [4.78, 5) is 12.6. The lowest BCUT2D eigenvalue weighted by atomic mass is 9.68. The highest BCUT2D eigenvalue weighted by molar-refractivity contribution is 5.75. The van der Waals surface area contributed by atoms with E-state index in [4.69, 9.17) is 14.2 Å². The molecule has 0 N–H and O–H groups in total. The first-order chi connectivity index (χ1) is 16.5. The number of hydrogen-bond acceptors (Lipinski definition) is 4. The van der Waals surface area contributed by atoms with Gasteiger partial charge in [-0.3, -0.25) is 4.79 Å². The van der Waals surface area contributed by atoms with Crippen LogP contribution in [0.3, 0.4) is 0 Å². The van der Waals surface area contributed by atoms with Gasteiger partial charge in [0.15, 0.2) is 11.5 Å². The number of carbonyl (C=O) groups is 1. The third-order valence-corrected chi connectivity index (χ3v) is 8.39. The molecule has 0 bridgehead atoms. The van der Waals surface area contributed by atoms with Gasteiger partial charge in [-0.1, -0.05) is 13.3 Å². The van der Waals surface area contributed by atoms with Crippen LogP contribution in [0.5, 0.6) is 11.5 Å². The number of carbonyl (C=O) groups excluding carboxylic acids is 1. The summed E-state index contributed by atoms with van der Waals surface area (Å²) >= 11 is 0. The van der Waals surface area contributed by atoms with Gasteiger partial charge in [-0.15, -0.1) is 0 Å². The first-order valence-corrected chi connectivity index (χ1v) is 13.5. The third kappa shape index (κ3) is 5.92. The van der Waals surface area contributed by atoms with Gasteiger partial charge in [-0.2, -0.15) is 8.78 Å². The number of rotatable bonds is 8. The standard InChI is InChI=1S/C28H40F2O4/c1-3-5-22-14-15-23(33-22)20-10-6-18(7-11-20)19-8-12-21(13-9-19)28(31)34-25-17-16-24(32-4-2)26(29)27(25)30/h16-23H,3-15H2,1-2H3. The Morgan fingerprint density at radius 1 is 0.853 bits per heavy atom. The molecule has 0 amide bonds. The first kappa shape index (κ1) is 25.4. The quantitative estimate of drug-likeness (QED) is 0.292. The van der Waals surface area contributed by atoms with Gasteiger partial charge in [-0.25, -0.2) is 0 Å². The van der Waals surface area contributed by atoms with E-state index < -0.39 is 17.6 Å². The van der Waals surface area contributed by atoms with Gasteiger partial charge in [0.1, 0.15) is 0 Å². The zero-order valence-corrected chi connectivity index (χ0v) is 20.7. The number of hydrogen-bond donors (Lipinski definition) is 0. The van der Waals surface area contributed by atoms with E-state index >= 15 is 0 Å². The molecule has 34 heavy (non-hydrogen) atoms. The Kier molecular flexibility index (Phi) is 8.84. The van der Waals surface area contributed by atoms with Gasteiger partial charge in [-0.05, 0) is 107 Å². The Hall–Kier alpha value is -1.69. The summed E-state index contributed by atoms with van der Waals surface area (Å²) in [6, 6.07) is 2.57. The Morgan fingerprint density at radius 2 is 1.44 bits per heavy atom. The lowest BCUT2D eigenvalue weighted by molar-refractivity contribution is -0.140. The molecular formula is C28H40F2O4. The van der Waals surface area contributed by atoms with E-state index in [-0.39, 0.29) is 24.0 Å². The van der Waals surface area contributed by atoms with E-state index in [2.05, 4.69) is 6.92 Å². The molecule has 3 fully saturated rings. The average Bonchev–Trinajstić information content (AvgIpc) is 3.33. The molecule has 1 saturated heterocycles.